The van der Waals surface area contributed by atoms with Crippen molar-refractivity contribution in [2.24, 2.45) is 5.41 Å². The highest BCUT2D eigenvalue weighted by Gasteiger charge is 2.53. The SMILES string of the molecule is COc1cc(C(=O)N2CC3(CC3)C[C@H]2C=O)c([N+](=O)[O-])cc1OCc1ccccc1. The van der Waals surface area contributed by atoms with Gasteiger partial charge < -0.3 is 19.2 Å². The summed E-state index contributed by atoms with van der Waals surface area (Å²) in [5.74, 6) is -0.130. The van der Waals surface area contributed by atoms with Crippen molar-refractivity contribution in [1.29, 1.82) is 0 Å². The summed E-state index contributed by atoms with van der Waals surface area (Å²) in [6.07, 6.45) is 3.31. The Morgan fingerprint density at radius 2 is 2.00 bits per heavy atom. The molecule has 0 bridgehead atoms. The minimum Gasteiger partial charge on any atom is -0.493 e. The number of benzene rings is 2. The van der Waals surface area contributed by atoms with E-state index in [-0.39, 0.29) is 34.8 Å². The largest absolute Gasteiger partial charge is 0.493 e. The van der Waals surface area contributed by atoms with Gasteiger partial charge in [-0.05, 0) is 30.2 Å². The number of methoxy groups -OCH3 is 1. The maximum absolute atomic E-state index is 13.2. The predicted octanol–water partition coefficient (Wildman–Crippen LogP) is 3.38. The molecule has 1 saturated carbocycles. The zero-order valence-electron chi connectivity index (χ0n) is 16.6. The minimum atomic E-state index is -0.610. The number of rotatable bonds is 7. The Morgan fingerprint density at radius 3 is 2.60 bits per heavy atom. The van der Waals surface area contributed by atoms with Crippen LogP contribution >= 0.6 is 0 Å². The van der Waals surface area contributed by atoms with Gasteiger partial charge in [-0.25, -0.2) is 0 Å². The molecular formula is C22H22N2O6. The number of carbonyl (C=O) groups excluding carboxylic acids is 2. The topological polar surface area (TPSA) is 99.0 Å². The van der Waals surface area contributed by atoms with Crippen molar-refractivity contribution in [3.05, 3.63) is 63.7 Å². The van der Waals surface area contributed by atoms with E-state index in [4.69, 9.17) is 9.47 Å². The van der Waals surface area contributed by atoms with E-state index in [1.807, 2.05) is 30.3 Å². The van der Waals surface area contributed by atoms with Crippen LogP contribution in [0.15, 0.2) is 42.5 Å². The molecule has 1 aliphatic carbocycles. The summed E-state index contributed by atoms with van der Waals surface area (Å²) in [5.41, 5.74) is 0.417. The van der Waals surface area contributed by atoms with E-state index in [1.165, 1.54) is 24.1 Å². The molecule has 1 saturated heterocycles. The second-order valence-electron chi connectivity index (χ2n) is 7.89. The molecule has 2 aliphatic rings. The molecule has 4 rings (SSSR count). The first-order chi connectivity index (χ1) is 14.5. The number of aldehydes is 1. The van der Waals surface area contributed by atoms with Gasteiger partial charge >= 0.3 is 0 Å². The summed E-state index contributed by atoms with van der Waals surface area (Å²) >= 11 is 0. The van der Waals surface area contributed by atoms with Crippen LogP contribution < -0.4 is 9.47 Å². The van der Waals surface area contributed by atoms with Crippen molar-refractivity contribution in [1.82, 2.24) is 4.90 Å². The fourth-order valence-corrected chi connectivity index (χ4v) is 4.01. The number of hydrogen-bond donors (Lipinski definition) is 0. The first-order valence-corrected chi connectivity index (χ1v) is 9.76. The molecule has 1 aliphatic heterocycles. The Balaban J connectivity index is 1.65. The number of ether oxygens (including phenoxy) is 2. The van der Waals surface area contributed by atoms with Crippen LogP contribution in [-0.2, 0) is 11.4 Å². The number of hydrogen-bond acceptors (Lipinski definition) is 6. The smallest absolute Gasteiger partial charge is 0.286 e. The van der Waals surface area contributed by atoms with E-state index in [9.17, 15) is 19.7 Å². The maximum atomic E-state index is 13.2. The third-order valence-corrected chi connectivity index (χ3v) is 5.87. The lowest BCUT2D eigenvalue weighted by atomic mass is 10.0. The molecule has 2 fully saturated rings. The molecule has 1 atom stereocenters. The van der Waals surface area contributed by atoms with Crippen molar-refractivity contribution in [2.75, 3.05) is 13.7 Å². The van der Waals surface area contributed by atoms with Crippen molar-refractivity contribution >= 4 is 17.9 Å². The van der Waals surface area contributed by atoms with E-state index >= 15 is 0 Å². The molecule has 1 spiro atoms. The van der Waals surface area contributed by atoms with Gasteiger partial charge in [-0.1, -0.05) is 30.3 Å². The molecule has 1 heterocycles. The lowest BCUT2D eigenvalue weighted by molar-refractivity contribution is -0.385. The van der Waals surface area contributed by atoms with Gasteiger partial charge in [0.25, 0.3) is 11.6 Å². The normalized spacial score (nSPS) is 18.8. The fourth-order valence-electron chi connectivity index (χ4n) is 4.01. The fraction of sp³-hybridized carbons (Fsp3) is 0.364. The van der Waals surface area contributed by atoms with E-state index in [2.05, 4.69) is 0 Å². The van der Waals surface area contributed by atoms with Crippen molar-refractivity contribution in [3.8, 4) is 11.5 Å². The molecule has 156 valence electrons. The van der Waals surface area contributed by atoms with Gasteiger partial charge in [0.2, 0.25) is 0 Å². The van der Waals surface area contributed by atoms with Crippen molar-refractivity contribution < 1.29 is 24.0 Å². The molecule has 0 radical (unpaired) electrons. The average molecular weight is 410 g/mol. The van der Waals surface area contributed by atoms with E-state index in [0.717, 1.165) is 24.7 Å². The highest BCUT2D eigenvalue weighted by molar-refractivity contribution is 6.00. The summed E-state index contributed by atoms with van der Waals surface area (Å²) in [6, 6.07) is 11.4. The van der Waals surface area contributed by atoms with Crippen LogP contribution in [0.4, 0.5) is 5.69 Å². The molecule has 8 nitrogen and oxygen atoms in total. The quantitative estimate of drug-likeness (QED) is 0.394. The Morgan fingerprint density at radius 1 is 1.27 bits per heavy atom. The lowest BCUT2D eigenvalue weighted by Gasteiger charge is -2.21. The van der Waals surface area contributed by atoms with E-state index in [0.29, 0.717) is 13.0 Å². The minimum absolute atomic E-state index is 0.00115. The summed E-state index contributed by atoms with van der Waals surface area (Å²) in [6.45, 7) is 0.643. The molecule has 30 heavy (non-hydrogen) atoms. The second kappa shape index (κ2) is 7.78. The molecule has 0 aromatic heterocycles. The number of nitrogens with zero attached hydrogens (tertiary/aromatic N) is 2. The van der Waals surface area contributed by atoms with Crippen LogP contribution in [0.5, 0.6) is 11.5 Å². The number of nitro groups is 1. The van der Waals surface area contributed by atoms with Gasteiger partial charge in [-0.15, -0.1) is 0 Å². The van der Waals surface area contributed by atoms with Crippen LogP contribution in [0.25, 0.3) is 0 Å². The molecule has 2 aromatic carbocycles. The first kappa shape index (κ1) is 19.9. The zero-order valence-corrected chi connectivity index (χ0v) is 16.6. The Bertz CT molecular complexity index is 987. The lowest BCUT2D eigenvalue weighted by Crippen LogP contribution is -2.37. The number of amides is 1. The average Bonchev–Trinajstić information content (AvgIpc) is 3.42. The van der Waals surface area contributed by atoms with Gasteiger partial charge in [-0.3, -0.25) is 14.9 Å². The van der Waals surface area contributed by atoms with Gasteiger partial charge in [-0.2, -0.15) is 0 Å². The van der Waals surface area contributed by atoms with Gasteiger partial charge in [0.05, 0.1) is 24.1 Å². The third kappa shape index (κ3) is 3.72. The van der Waals surface area contributed by atoms with Gasteiger partial charge in [0.1, 0.15) is 18.5 Å². The monoisotopic (exact) mass is 410 g/mol. The van der Waals surface area contributed by atoms with Crippen LogP contribution in [0, 0.1) is 15.5 Å². The molecule has 0 N–H and O–H groups in total. The molecular weight excluding hydrogens is 388 g/mol. The van der Waals surface area contributed by atoms with Crippen LogP contribution in [-0.4, -0.2) is 41.7 Å². The van der Waals surface area contributed by atoms with Crippen LogP contribution in [0.2, 0.25) is 0 Å². The summed E-state index contributed by atoms with van der Waals surface area (Å²) in [4.78, 5) is 37.3. The highest BCUT2D eigenvalue weighted by atomic mass is 16.6. The number of likely N-dealkylation sites (tertiary alicyclic amines) is 1. The summed E-state index contributed by atoms with van der Waals surface area (Å²) in [7, 11) is 1.41. The van der Waals surface area contributed by atoms with Crippen LogP contribution in [0.3, 0.4) is 0 Å². The third-order valence-electron chi connectivity index (χ3n) is 5.87. The molecule has 0 unspecified atom stereocenters. The predicted molar refractivity (Wildman–Crippen MR) is 108 cm³/mol. The Hall–Kier alpha value is -3.42. The standard InChI is InChI=1S/C22H22N2O6/c1-29-19-9-17(21(26)23-14-22(7-8-22)11-16(23)12-25)18(24(27)28)10-20(19)30-13-15-5-3-2-4-6-15/h2-6,9-10,12,16H,7-8,11,13-14H2,1H3/t16-/m0/s1. The van der Waals surface area contributed by atoms with Gasteiger partial charge in [0.15, 0.2) is 11.5 Å². The number of carbonyl (C=O) groups is 2. The maximum Gasteiger partial charge on any atom is 0.286 e. The van der Waals surface area contributed by atoms with E-state index < -0.39 is 16.9 Å². The Labute approximate surface area is 173 Å². The van der Waals surface area contributed by atoms with E-state index in [1.54, 1.807) is 0 Å². The highest BCUT2D eigenvalue weighted by Crippen LogP contribution is 2.54. The van der Waals surface area contributed by atoms with Crippen molar-refractivity contribution in [2.45, 2.75) is 31.9 Å². The summed E-state index contributed by atoms with van der Waals surface area (Å²) < 4.78 is 11.1. The number of nitro benzene ring substituents is 1. The van der Waals surface area contributed by atoms with Crippen molar-refractivity contribution in [3.63, 3.8) is 0 Å². The molecule has 1 amide bonds. The summed E-state index contributed by atoms with van der Waals surface area (Å²) in [5, 5.41) is 11.7. The zero-order chi connectivity index (χ0) is 21.3. The Kier molecular flexibility index (Phi) is 5.15. The van der Waals surface area contributed by atoms with Gasteiger partial charge in [0, 0.05) is 12.6 Å². The van der Waals surface area contributed by atoms with Crippen LogP contribution in [0.1, 0.15) is 35.2 Å². The molecule has 2 aromatic rings. The molecule has 8 heteroatoms. The second-order valence-corrected chi connectivity index (χ2v) is 7.89. The first-order valence-electron chi connectivity index (χ1n) is 9.76.